The Morgan fingerprint density at radius 1 is 1.26 bits per heavy atom. The van der Waals surface area contributed by atoms with Gasteiger partial charge >= 0.3 is 5.97 Å². The average molecular weight is 419 g/mol. The summed E-state index contributed by atoms with van der Waals surface area (Å²) in [4.78, 5) is 21.1. The van der Waals surface area contributed by atoms with E-state index in [1.807, 2.05) is 32.0 Å². The van der Waals surface area contributed by atoms with E-state index in [2.05, 4.69) is 29.2 Å². The van der Waals surface area contributed by atoms with Crippen molar-refractivity contribution in [3.63, 3.8) is 0 Å². The number of fused-ring (bicyclic) bond motifs is 2. The number of aromatic amines is 1. The molecule has 0 radical (unpaired) electrons. The number of rotatable bonds is 7. The fraction of sp³-hybridized carbons (Fsp3) is 0.462. The topological polar surface area (TPSA) is 64.2 Å². The molecule has 2 aromatic carbocycles. The number of aromatic nitrogens is 2. The Balaban J connectivity index is 1.46. The third-order valence-corrected chi connectivity index (χ3v) is 7.33. The average Bonchev–Trinajstić information content (AvgIpc) is 3.31. The molecular formula is C26H30N2O3. The summed E-state index contributed by atoms with van der Waals surface area (Å²) < 4.78 is 10.7. The Labute approximate surface area is 183 Å². The summed E-state index contributed by atoms with van der Waals surface area (Å²) >= 11 is 0. The molecule has 1 fully saturated rings. The number of methoxy groups -OCH3 is 1. The third-order valence-electron chi connectivity index (χ3n) is 7.33. The molecule has 1 spiro atoms. The monoisotopic (exact) mass is 418 g/mol. The zero-order chi connectivity index (χ0) is 21.6. The normalized spacial score (nSPS) is 20.5. The van der Waals surface area contributed by atoms with E-state index in [0.29, 0.717) is 17.9 Å². The summed E-state index contributed by atoms with van der Waals surface area (Å²) in [5, 5.41) is 0. The maximum absolute atomic E-state index is 12.7. The third kappa shape index (κ3) is 3.35. The number of carbonyl (C=O) groups excluding carboxylic acids is 1. The number of H-pyrrole nitrogens is 1. The van der Waals surface area contributed by atoms with Crippen LogP contribution in [0.5, 0.6) is 0 Å². The largest absolute Gasteiger partial charge is 0.465 e. The van der Waals surface area contributed by atoms with Gasteiger partial charge in [-0.15, -0.1) is 0 Å². The van der Waals surface area contributed by atoms with Crippen LogP contribution in [0.2, 0.25) is 0 Å². The number of nitrogens with zero attached hydrogens (tertiary/aromatic N) is 1. The number of imidazole rings is 1. The minimum Gasteiger partial charge on any atom is -0.465 e. The molecule has 1 N–H and O–H groups in total. The lowest BCUT2D eigenvalue weighted by Crippen LogP contribution is -2.38. The lowest BCUT2D eigenvalue weighted by molar-refractivity contribution is -0.151. The van der Waals surface area contributed by atoms with Crippen LogP contribution in [0.15, 0.2) is 42.5 Å². The van der Waals surface area contributed by atoms with Crippen LogP contribution < -0.4 is 0 Å². The van der Waals surface area contributed by atoms with Crippen molar-refractivity contribution in [3.05, 3.63) is 65.0 Å². The Morgan fingerprint density at radius 3 is 2.81 bits per heavy atom. The molecule has 0 amide bonds. The van der Waals surface area contributed by atoms with E-state index in [0.717, 1.165) is 28.8 Å². The molecule has 2 unspecified atom stereocenters. The number of hydrogen-bond donors (Lipinski definition) is 1. The molecule has 5 rings (SSSR count). The van der Waals surface area contributed by atoms with Gasteiger partial charge < -0.3 is 14.5 Å². The highest BCUT2D eigenvalue weighted by molar-refractivity contribution is 5.85. The van der Waals surface area contributed by atoms with Crippen molar-refractivity contribution in [2.45, 2.75) is 50.9 Å². The van der Waals surface area contributed by atoms with Crippen LogP contribution in [0.3, 0.4) is 0 Å². The second kappa shape index (κ2) is 7.49. The number of hydrogen-bond acceptors (Lipinski definition) is 4. The smallest absolute Gasteiger partial charge is 0.318 e. The summed E-state index contributed by atoms with van der Waals surface area (Å²) in [6.45, 7) is 4.31. The van der Waals surface area contributed by atoms with Gasteiger partial charge in [0, 0.05) is 13.5 Å². The fourth-order valence-electron chi connectivity index (χ4n) is 5.41. The lowest BCUT2D eigenvalue weighted by atomic mass is 9.83. The fourth-order valence-corrected chi connectivity index (χ4v) is 5.41. The van der Waals surface area contributed by atoms with Gasteiger partial charge in [-0.05, 0) is 73.3 Å². The van der Waals surface area contributed by atoms with Crippen molar-refractivity contribution in [2.24, 2.45) is 5.41 Å². The zero-order valence-electron chi connectivity index (χ0n) is 18.5. The minimum atomic E-state index is -0.854. The quantitative estimate of drug-likeness (QED) is 0.565. The number of nitrogens with one attached hydrogen (secondary N) is 1. The molecule has 5 nitrogen and oxygen atoms in total. The van der Waals surface area contributed by atoms with Crippen LogP contribution >= 0.6 is 0 Å². The number of esters is 1. The first-order valence-electron chi connectivity index (χ1n) is 11.2. The van der Waals surface area contributed by atoms with Gasteiger partial charge in [0.1, 0.15) is 11.2 Å². The van der Waals surface area contributed by atoms with Crippen LogP contribution in [0.25, 0.3) is 11.0 Å². The Morgan fingerprint density at radius 2 is 2.06 bits per heavy atom. The number of ether oxygens (including phenoxy) is 2. The molecule has 3 aromatic rings. The molecular weight excluding hydrogens is 388 g/mol. The molecule has 31 heavy (non-hydrogen) atoms. The van der Waals surface area contributed by atoms with E-state index in [1.165, 1.54) is 30.4 Å². The van der Waals surface area contributed by atoms with E-state index in [9.17, 15) is 4.79 Å². The van der Waals surface area contributed by atoms with E-state index in [1.54, 1.807) is 7.11 Å². The van der Waals surface area contributed by atoms with Gasteiger partial charge in [-0.25, -0.2) is 4.98 Å². The van der Waals surface area contributed by atoms with Crippen LogP contribution in [0, 0.1) is 5.41 Å². The summed E-state index contributed by atoms with van der Waals surface area (Å²) in [5.41, 5.74) is 5.35. The highest BCUT2D eigenvalue weighted by Crippen LogP contribution is 2.63. The molecule has 0 bridgehead atoms. The van der Waals surface area contributed by atoms with Gasteiger partial charge in [-0.2, -0.15) is 0 Å². The van der Waals surface area contributed by atoms with E-state index < -0.39 is 5.41 Å². The molecule has 2 aliphatic rings. The molecule has 5 heteroatoms. The first kappa shape index (κ1) is 20.3. The van der Waals surface area contributed by atoms with Crippen molar-refractivity contribution in [1.82, 2.24) is 9.97 Å². The van der Waals surface area contributed by atoms with Crippen LogP contribution in [-0.4, -0.2) is 36.3 Å². The van der Waals surface area contributed by atoms with Crippen molar-refractivity contribution < 1.29 is 14.3 Å². The summed E-state index contributed by atoms with van der Waals surface area (Å²) in [5.74, 6) is 1.28. The van der Waals surface area contributed by atoms with Gasteiger partial charge in [0.15, 0.2) is 0 Å². The van der Waals surface area contributed by atoms with Gasteiger partial charge in [-0.3, -0.25) is 4.79 Å². The molecule has 162 valence electrons. The number of carbonyl (C=O) groups is 1. The Bertz CT molecular complexity index is 1130. The van der Waals surface area contributed by atoms with Crippen LogP contribution in [0.4, 0.5) is 0 Å². The molecule has 2 aliphatic carbocycles. The summed E-state index contributed by atoms with van der Waals surface area (Å²) in [7, 11) is 1.61. The van der Waals surface area contributed by atoms with E-state index >= 15 is 0 Å². The van der Waals surface area contributed by atoms with Crippen molar-refractivity contribution in [3.8, 4) is 0 Å². The highest BCUT2D eigenvalue weighted by Gasteiger charge is 2.54. The maximum Gasteiger partial charge on any atom is 0.318 e. The summed E-state index contributed by atoms with van der Waals surface area (Å²) in [6, 6.07) is 14.9. The predicted octanol–water partition coefficient (Wildman–Crippen LogP) is 4.69. The second-order valence-electron chi connectivity index (χ2n) is 9.40. The van der Waals surface area contributed by atoms with Gasteiger partial charge in [0.05, 0.1) is 24.2 Å². The second-order valence-corrected chi connectivity index (χ2v) is 9.40. The predicted molar refractivity (Wildman–Crippen MR) is 120 cm³/mol. The van der Waals surface area contributed by atoms with Gasteiger partial charge in [-0.1, -0.05) is 30.3 Å². The standard InChI is InChI=1S/C26H30N2O3/c1-4-31-24(29)25(2,16-30-3)18-9-10-21-22(13-18)28-23(27-21)14-20-19-8-6-5-7-17(19)15-26(20)11-12-26/h5-10,13,20H,4,11-12,14-16H2,1-3H3,(H,27,28). The van der Waals surface area contributed by atoms with Crippen LogP contribution in [0.1, 0.15) is 55.1 Å². The molecule has 1 saturated carbocycles. The molecule has 1 aromatic heterocycles. The molecule has 0 saturated heterocycles. The number of benzene rings is 2. The first-order chi connectivity index (χ1) is 15.0. The lowest BCUT2D eigenvalue weighted by Gasteiger charge is -2.26. The first-order valence-corrected chi connectivity index (χ1v) is 11.2. The van der Waals surface area contributed by atoms with Gasteiger partial charge in [0.25, 0.3) is 0 Å². The SMILES string of the molecule is CCOC(=O)C(C)(COC)c1ccc2nc(CC3c4ccccc4CC34CC4)[nH]c2c1. The molecule has 1 heterocycles. The van der Waals surface area contributed by atoms with E-state index in [-0.39, 0.29) is 12.6 Å². The van der Waals surface area contributed by atoms with Gasteiger partial charge in [0.2, 0.25) is 0 Å². The molecule has 2 atom stereocenters. The zero-order valence-corrected chi connectivity index (χ0v) is 18.5. The summed E-state index contributed by atoms with van der Waals surface area (Å²) in [6.07, 6.45) is 4.75. The Kier molecular flexibility index (Phi) is 4.89. The van der Waals surface area contributed by atoms with Crippen LogP contribution in [-0.2, 0) is 32.5 Å². The van der Waals surface area contributed by atoms with Crippen molar-refractivity contribution >= 4 is 17.0 Å². The van der Waals surface area contributed by atoms with E-state index in [4.69, 9.17) is 14.5 Å². The van der Waals surface area contributed by atoms with Crippen molar-refractivity contribution in [2.75, 3.05) is 20.3 Å². The highest BCUT2D eigenvalue weighted by atomic mass is 16.5. The maximum atomic E-state index is 12.7. The molecule has 0 aliphatic heterocycles. The minimum absolute atomic E-state index is 0.264. The Hall–Kier alpha value is -2.66. The van der Waals surface area contributed by atoms with Crippen molar-refractivity contribution in [1.29, 1.82) is 0 Å².